The van der Waals surface area contributed by atoms with Gasteiger partial charge in [0.1, 0.15) is 6.04 Å². The molecule has 100 valence electrons. The van der Waals surface area contributed by atoms with Gasteiger partial charge in [-0.1, -0.05) is 20.8 Å². The Morgan fingerprint density at radius 2 is 1.82 bits per heavy atom. The summed E-state index contributed by atoms with van der Waals surface area (Å²) in [4.78, 5) is 21.8. The Hall–Kier alpha value is -1.15. The number of esters is 1. The lowest BCUT2D eigenvalue weighted by molar-refractivity contribution is -0.142. The Bertz CT molecular complexity index is 394. The molecule has 0 fully saturated rings. The zero-order chi connectivity index (χ0) is 13.9. The number of hydrogen-bond donors (Lipinski definition) is 2. The molecule has 2 N–H and O–H groups in total. The SMILES string of the molecule is COC(=O)CS(=O)(=O)N[C@@H](C(=O)O)C(C)(C)C. The maximum Gasteiger partial charge on any atom is 0.322 e. The second-order valence-electron chi connectivity index (χ2n) is 4.59. The summed E-state index contributed by atoms with van der Waals surface area (Å²) in [5, 5.41) is 8.92. The molecule has 0 unspecified atom stereocenters. The van der Waals surface area contributed by atoms with Crippen LogP contribution in [-0.4, -0.2) is 44.4 Å². The first-order valence-corrected chi connectivity index (χ1v) is 6.44. The van der Waals surface area contributed by atoms with E-state index in [-0.39, 0.29) is 0 Å². The van der Waals surface area contributed by atoms with Gasteiger partial charge in [0, 0.05) is 0 Å². The van der Waals surface area contributed by atoms with Crippen molar-refractivity contribution in [2.24, 2.45) is 5.41 Å². The number of carbonyl (C=O) groups excluding carboxylic acids is 1. The van der Waals surface area contributed by atoms with E-state index in [9.17, 15) is 18.0 Å². The van der Waals surface area contributed by atoms with Crippen LogP contribution in [0.25, 0.3) is 0 Å². The second-order valence-corrected chi connectivity index (χ2v) is 6.34. The maximum absolute atomic E-state index is 11.5. The summed E-state index contributed by atoms with van der Waals surface area (Å²) < 4.78 is 29.2. The second kappa shape index (κ2) is 5.46. The van der Waals surface area contributed by atoms with Crippen LogP contribution in [0.4, 0.5) is 0 Å². The molecule has 0 aliphatic carbocycles. The van der Waals surface area contributed by atoms with Crippen LogP contribution in [0.2, 0.25) is 0 Å². The Morgan fingerprint density at radius 1 is 1.35 bits per heavy atom. The number of sulfonamides is 1. The van der Waals surface area contributed by atoms with Crippen molar-refractivity contribution in [1.82, 2.24) is 4.72 Å². The number of aliphatic carboxylic acids is 1. The highest BCUT2D eigenvalue weighted by atomic mass is 32.2. The highest BCUT2D eigenvalue weighted by Crippen LogP contribution is 2.20. The molecule has 7 nitrogen and oxygen atoms in total. The lowest BCUT2D eigenvalue weighted by Gasteiger charge is -2.27. The quantitative estimate of drug-likeness (QED) is 0.654. The minimum atomic E-state index is -4.03. The molecule has 0 amide bonds. The molecule has 17 heavy (non-hydrogen) atoms. The van der Waals surface area contributed by atoms with E-state index in [1.807, 2.05) is 4.72 Å². The molecule has 8 heteroatoms. The van der Waals surface area contributed by atoms with Crippen LogP contribution in [0.5, 0.6) is 0 Å². The van der Waals surface area contributed by atoms with Gasteiger partial charge in [0.2, 0.25) is 10.0 Å². The van der Waals surface area contributed by atoms with Crippen LogP contribution in [0, 0.1) is 5.41 Å². The van der Waals surface area contributed by atoms with Gasteiger partial charge in [-0.15, -0.1) is 0 Å². The van der Waals surface area contributed by atoms with E-state index in [1.165, 1.54) is 0 Å². The molecular formula is C9H17NO6S. The maximum atomic E-state index is 11.5. The minimum absolute atomic E-state index is 0.810. The number of carboxylic acid groups (broad SMARTS) is 1. The Balaban J connectivity index is 4.90. The number of carboxylic acids is 1. The zero-order valence-electron chi connectivity index (χ0n) is 10.2. The average molecular weight is 267 g/mol. The Kier molecular flexibility index (Phi) is 5.09. The third kappa shape index (κ3) is 5.64. The van der Waals surface area contributed by atoms with Gasteiger partial charge >= 0.3 is 11.9 Å². The predicted octanol–water partition coefficient (Wildman–Crippen LogP) is -0.422. The highest BCUT2D eigenvalue weighted by Gasteiger charge is 2.35. The van der Waals surface area contributed by atoms with E-state index in [4.69, 9.17) is 5.11 Å². The molecule has 0 aliphatic heterocycles. The summed E-state index contributed by atoms with van der Waals surface area (Å²) in [5.41, 5.74) is -0.810. The molecule has 1 atom stereocenters. The predicted molar refractivity (Wildman–Crippen MR) is 59.8 cm³/mol. The lowest BCUT2D eigenvalue weighted by Crippen LogP contribution is -2.50. The van der Waals surface area contributed by atoms with Crippen molar-refractivity contribution < 1.29 is 27.9 Å². The van der Waals surface area contributed by atoms with E-state index in [0.717, 1.165) is 7.11 Å². The Morgan fingerprint density at radius 3 is 2.12 bits per heavy atom. The fourth-order valence-corrected chi connectivity index (χ4v) is 2.36. The number of nitrogens with one attached hydrogen (secondary N) is 1. The third-order valence-corrected chi connectivity index (χ3v) is 3.16. The van der Waals surface area contributed by atoms with Crippen LogP contribution in [0.1, 0.15) is 20.8 Å². The van der Waals surface area contributed by atoms with Crippen LogP contribution in [-0.2, 0) is 24.3 Å². The van der Waals surface area contributed by atoms with E-state index in [1.54, 1.807) is 20.8 Å². The molecule has 0 heterocycles. The van der Waals surface area contributed by atoms with E-state index in [0.29, 0.717) is 0 Å². The summed E-state index contributed by atoms with van der Waals surface area (Å²) in [5.74, 6) is -3.15. The number of rotatable bonds is 5. The fourth-order valence-electron chi connectivity index (χ4n) is 1.03. The van der Waals surface area contributed by atoms with Crippen molar-refractivity contribution >= 4 is 22.0 Å². The first-order valence-electron chi connectivity index (χ1n) is 4.79. The molecule has 0 aliphatic rings. The topological polar surface area (TPSA) is 110 Å². The van der Waals surface area contributed by atoms with Gasteiger partial charge in [0.25, 0.3) is 0 Å². The lowest BCUT2D eigenvalue weighted by atomic mass is 9.88. The average Bonchev–Trinajstić information content (AvgIpc) is 2.11. The largest absolute Gasteiger partial charge is 0.480 e. The molecule has 0 spiro atoms. The van der Waals surface area contributed by atoms with Crippen molar-refractivity contribution in [3.63, 3.8) is 0 Å². The van der Waals surface area contributed by atoms with Crippen molar-refractivity contribution in [2.75, 3.05) is 12.9 Å². The number of carbonyl (C=O) groups is 2. The summed E-state index contributed by atoms with van der Waals surface area (Å²) >= 11 is 0. The first kappa shape index (κ1) is 15.9. The van der Waals surface area contributed by atoms with Gasteiger partial charge in [-0.05, 0) is 5.41 Å². The molecule has 0 aromatic carbocycles. The Labute approximate surface area is 100 Å². The standard InChI is InChI=1S/C9H17NO6S/c1-9(2,3)7(8(12)13)10-17(14,15)5-6(11)16-4/h7,10H,5H2,1-4H3,(H,12,13)/t7-/m0/s1. The molecule has 0 bridgehead atoms. The van der Waals surface area contributed by atoms with Crippen molar-refractivity contribution in [1.29, 1.82) is 0 Å². The summed E-state index contributed by atoms with van der Waals surface area (Å²) in [7, 11) is -2.97. The van der Waals surface area contributed by atoms with Gasteiger partial charge in [0.15, 0.2) is 5.75 Å². The molecule has 0 saturated heterocycles. The molecule has 0 aromatic heterocycles. The van der Waals surface area contributed by atoms with Gasteiger partial charge in [-0.25, -0.2) is 8.42 Å². The summed E-state index contributed by atoms with van der Waals surface area (Å²) in [6.45, 7) is 4.73. The minimum Gasteiger partial charge on any atom is -0.480 e. The van der Waals surface area contributed by atoms with Crippen molar-refractivity contribution in [3.8, 4) is 0 Å². The summed E-state index contributed by atoms with van der Waals surface area (Å²) in [6, 6.07) is -1.31. The van der Waals surface area contributed by atoms with E-state index in [2.05, 4.69) is 4.74 Å². The third-order valence-electron chi connectivity index (χ3n) is 1.95. The summed E-state index contributed by atoms with van der Waals surface area (Å²) in [6.07, 6.45) is 0. The van der Waals surface area contributed by atoms with E-state index < -0.39 is 39.2 Å². The van der Waals surface area contributed by atoms with Crippen LogP contribution in [0.3, 0.4) is 0 Å². The van der Waals surface area contributed by atoms with Gasteiger partial charge in [-0.3, -0.25) is 9.59 Å². The zero-order valence-corrected chi connectivity index (χ0v) is 11.0. The number of hydrogen-bond acceptors (Lipinski definition) is 5. The number of methoxy groups -OCH3 is 1. The first-order chi connectivity index (χ1) is 7.49. The molecule has 0 radical (unpaired) electrons. The monoisotopic (exact) mass is 267 g/mol. The molecule has 0 saturated carbocycles. The van der Waals surface area contributed by atoms with Crippen molar-refractivity contribution in [3.05, 3.63) is 0 Å². The smallest absolute Gasteiger partial charge is 0.322 e. The molecular weight excluding hydrogens is 250 g/mol. The van der Waals surface area contributed by atoms with Crippen LogP contribution in [0.15, 0.2) is 0 Å². The fraction of sp³-hybridized carbons (Fsp3) is 0.778. The molecule has 0 aromatic rings. The van der Waals surface area contributed by atoms with Crippen LogP contribution < -0.4 is 4.72 Å². The highest BCUT2D eigenvalue weighted by molar-refractivity contribution is 7.90. The normalized spacial score (nSPS) is 14.1. The van der Waals surface area contributed by atoms with Crippen LogP contribution >= 0.6 is 0 Å². The molecule has 0 rings (SSSR count). The van der Waals surface area contributed by atoms with Gasteiger partial charge in [-0.2, -0.15) is 4.72 Å². The van der Waals surface area contributed by atoms with E-state index >= 15 is 0 Å². The van der Waals surface area contributed by atoms with Gasteiger partial charge < -0.3 is 9.84 Å². The van der Waals surface area contributed by atoms with Gasteiger partial charge in [0.05, 0.1) is 7.11 Å². The van der Waals surface area contributed by atoms with Crippen molar-refractivity contribution in [2.45, 2.75) is 26.8 Å². The number of ether oxygens (including phenoxy) is 1.